The highest BCUT2D eigenvalue weighted by molar-refractivity contribution is 7.20. The van der Waals surface area contributed by atoms with Gasteiger partial charge in [-0.25, -0.2) is 9.78 Å². The van der Waals surface area contributed by atoms with Crippen molar-refractivity contribution in [3.8, 4) is 0 Å². The largest absolute Gasteiger partial charge is 0.451 e. The topological polar surface area (TPSA) is 119 Å². The summed E-state index contributed by atoms with van der Waals surface area (Å²) in [4.78, 5) is 53.9. The molecule has 2 N–H and O–H groups in total. The van der Waals surface area contributed by atoms with E-state index in [2.05, 4.69) is 15.6 Å². The minimum absolute atomic E-state index is 0.140. The predicted octanol–water partition coefficient (Wildman–Crippen LogP) is 0.510. The third-order valence-corrected chi connectivity index (χ3v) is 5.72. The van der Waals surface area contributed by atoms with E-state index in [0.29, 0.717) is 28.9 Å². The first-order valence-electron chi connectivity index (χ1n) is 9.10. The fraction of sp³-hybridized carbons (Fsp3) is 0.500. The molecule has 0 saturated carbocycles. The molecule has 150 valence electrons. The number of ether oxygens (including phenoxy) is 1. The minimum atomic E-state index is -0.733. The number of amides is 2. The molecule has 1 aliphatic rings. The van der Waals surface area contributed by atoms with Crippen LogP contribution in [0.4, 0.5) is 0 Å². The zero-order valence-electron chi connectivity index (χ0n) is 16.0. The summed E-state index contributed by atoms with van der Waals surface area (Å²) in [7, 11) is 0. The molecule has 0 aliphatic carbocycles. The lowest BCUT2D eigenvalue weighted by Crippen LogP contribution is -2.46. The van der Waals surface area contributed by atoms with Crippen molar-refractivity contribution in [2.45, 2.75) is 46.2 Å². The summed E-state index contributed by atoms with van der Waals surface area (Å²) in [5.41, 5.74) is 0.375. The van der Waals surface area contributed by atoms with Crippen molar-refractivity contribution in [2.75, 3.05) is 13.2 Å². The summed E-state index contributed by atoms with van der Waals surface area (Å²) in [6.45, 7) is 5.57. The molecule has 2 amide bonds. The van der Waals surface area contributed by atoms with Gasteiger partial charge in [0.25, 0.3) is 11.5 Å². The standard InChI is InChI=1S/C18H22N4O5S/c1-4-19-15(24)10(3)20-12(23)8-27-18(26)14-9(2)13-16(28-14)21-11-6-5-7-22(11)17(13)25/h10H,4-8H2,1-3H3,(H,19,24)(H,20,23)/t10-/m0/s1. The summed E-state index contributed by atoms with van der Waals surface area (Å²) in [5.74, 6) is -0.853. The van der Waals surface area contributed by atoms with Crippen LogP contribution in [0, 0.1) is 6.92 Å². The average molecular weight is 406 g/mol. The highest BCUT2D eigenvalue weighted by atomic mass is 32.1. The number of fused-ring (bicyclic) bond motifs is 2. The minimum Gasteiger partial charge on any atom is -0.451 e. The Balaban J connectivity index is 1.70. The zero-order valence-corrected chi connectivity index (χ0v) is 16.8. The molecular formula is C18H22N4O5S. The second kappa shape index (κ2) is 8.09. The van der Waals surface area contributed by atoms with Crippen molar-refractivity contribution in [3.05, 3.63) is 26.6 Å². The van der Waals surface area contributed by atoms with Crippen molar-refractivity contribution < 1.29 is 19.1 Å². The van der Waals surface area contributed by atoms with Gasteiger partial charge in [0.1, 0.15) is 21.6 Å². The van der Waals surface area contributed by atoms with Crippen LogP contribution in [0.2, 0.25) is 0 Å². The number of likely N-dealkylation sites (N-methyl/N-ethyl adjacent to an activating group) is 1. The number of aromatic nitrogens is 2. The van der Waals surface area contributed by atoms with Gasteiger partial charge in [0.15, 0.2) is 6.61 Å². The molecule has 1 atom stereocenters. The van der Waals surface area contributed by atoms with Crippen LogP contribution in [-0.2, 0) is 27.3 Å². The second-order valence-electron chi connectivity index (χ2n) is 6.58. The number of esters is 1. The van der Waals surface area contributed by atoms with Gasteiger partial charge in [-0.2, -0.15) is 0 Å². The number of nitrogens with one attached hydrogen (secondary N) is 2. The van der Waals surface area contributed by atoms with E-state index in [1.165, 1.54) is 0 Å². The van der Waals surface area contributed by atoms with Crippen molar-refractivity contribution in [2.24, 2.45) is 0 Å². The van der Waals surface area contributed by atoms with Crippen LogP contribution in [0.25, 0.3) is 10.2 Å². The first-order valence-corrected chi connectivity index (χ1v) is 9.92. The van der Waals surface area contributed by atoms with Crippen LogP contribution in [0.1, 0.15) is 41.3 Å². The Hall–Kier alpha value is -2.75. The summed E-state index contributed by atoms with van der Waals surface area (Å²) < 4.78 is 6.72. The summed E-state index contributed by atoms with van der Waals surface area (Å²) in [5, 5.41) is 5.48. The SMILES string of the molecule is CCNC(=O)[C@H](C)NC(=O)COC(=O)c1sc2nc3n(c(=O)c2c1C)CCC3. The fourth-order valence-electron chi connectivity index (χ4n) is 3.14. The van der Waals surface area contributed by atoms with Crippen LogP contribution >= 0.6 is 11.3 Å². The van der Waals surface area contributed by atoms with E-state index in [4.69, 9.17) is 4.74 Å². The quantitative estimate of drug-likeness (QED) is 0.675. The molecule has 0 bridgehead atoms. The number of nitrogens with zero attached hydrogens (tertiary/aromatic N) is 2. The van der Waals surface area contributed by atoms with Crippen molar-refractivity contribution >= 4 is 39.3 Å². The molecule has 0 aromatic carbocycles. The molecule has 1 aliphatic heterocycles. The molecule has 0 spiro atoms. The number of aryl methyl sites for hydroxylation is 2. The Labute approximate surface area is 165 Å². The van der Waals surface area contributed by atoms with Gasteiger partial charge < -0.3 is 15.4 Å². The molecule has 3 rings (SSSR count). The molecule has 0 fully saturated rings. The Morgan fingerprint density at radius 2 is 2.11 bits per heavy atom. The normalized spacial score (nSPS) is 13.8. The first kappa shape index (κ1) is 20.0. The van der Waals surface area contributed by atoms with Gasteiger partial charge >= 0.3 is 5.97 Å². The molecule has 9 nitrogen and oxygen atoms in total. The molecule has 0 radical (unpaired) electrons. The van der Waals surface area contributed by atoms with E-state index in [1.54, 1.807) is 25.3 Å². The van der Waals surface area contributed by atoms with Gasteiger partial charge in [-0.05, 0) is 32.8 Å². The third kappa shape index (κ3) is 3.77. The van der Waals surface area contributed by atoms with Crippen LogP contribution in [-0.4, -0.2) is 46.5 Å². The highest BCUT2D eigenvalue weighted by Crippen LogP contribution is 2.29. The Morgan fingerprint density at radius 1 is 1.36 bits per heavy atom. The lowest BCUT2D eigenvalue weighted by molar-refractivity contribution is -0.130. The third-order valence-electron chi connectivity index (χ3n) is 4.55. The average Bonchev–Trinajstić information content (AvgIpc) is 3.25. The van der Waals surface area contributed by atoms with E-state index in [0.717, 1.165) is 30.0 Å². The molecular weight excluding hydrogens is 384 g/mol. The maximum absolute atomic E-state index is 12.7. The van der Waals surface area contributed by atoms with Gasteiger partial charge in [-0.1, -0.05) is 0 Å². The summed E-state index contributed by atoms with van der Waals surface area (Å²) in [6.07, 6.45) is 1.63. The maximum Gasteiger partial charge on any atom is 0.349 e. The van der Waals surface area contributed by atoms with Crippen molar-refractivity contribution in [1.82, 2.24) is 20.2 Å². The van der Waals surface area contributed by atoms with Crippen LogP contribution in [0.15, 0.2) is 4.79 Å². The lowest BCUT2D eigenvalue weighted by atomic mass is 10.2. The van der Waals surface area contributed by atoms with Crippen molar-refractivity contribution in [3.63, 3.8) is 0 Å². The zero-order chi connectivity index (χ0) is 20.4. The fourth-order valence-corrected chi connectivity index (χ4v) is 4.23. The van der Waals surface area contributed by atoms with E-state index >= 15 is 0 Å². The Bertz CT molecular complexity index is 1010. The number of thiophene rings is 1. The van der Waals surface area contributed by atoms with E-state index in [-0.39, 0.29) is 16.3 Å². The molecule has 0 saturated heterocycles. The first-order chi connectivity index (χ1) is 13.3. The van der Waals surface area contributed by atoms with Gasteiger partial charge in [0.05, 0.1) is 5.39 Å². The Morgan fingerprint density at radius 3 is 2.82 bits per heavy atom. The number of hydrogen-bond acceptors (Lipinski definition) is 7. The number of rotatable bonds is 6. The number of carbonyl (C=O) groups excluding carboxylic acids is 3. The highest BCUT2D eigenvalue weighted by Gasteiger charge is 2.24. The Kier molecular flexibility index (Phi) is 5.78. The van der Waals surface area contributed by atoms with Gasteiger partial charge in [0, 0.05) is 19.5 Å². The smallest absolute Gasteiger partial charge is 0.349 e. The monoisotopic (exact) mass is 406 g/mol. The predicted molar refractivity (Wildman–Crippen MR) is 104 cm³/mol. The molecule has 10 heteroatoms. The van der Waals surface area contributed by atoms with E-state index in [9.17, 15) is 19.2 Å². The van der Waals surface area contributed by atoms with Gasteiger partial charge in [-0.15, -0.1) is 11.3 Å². The molecule has 28 heavy (non-hydrogen) atoms. The summed E-state index contributed by atoms with van der Waals surface area (Å²) in [6, 6.07) is -0.733. The molecule has 2 aromatic rings. The second-order valence-corrected chi connectivity index (χ2v) is 7.58. The van der Waals surface area contributed by atoms with Crippen molar-refractivity contribution in [1.29, 1.82) is 0 Å². The van der Waals surface area contributed by atoms with Crippen LogP contribution in [0.5, 0.6) is 0 Å². The number of hydrogen-bond donors (Lipinski definition) is 2. The van der Waals surface area contributed by atoms with Gasteiger partial charge in [0.2, 0.25) is 5.91 Å². The van der Waals surface area contributed by atoms with E-state index in [1.807, 2.05) is 0 Å². The molecule has 2 aromatic heterocycles. The van der Waals surface area contributed by atoms with E-state index < -0.39 is 24.5 Å². The molecule has 0 unspecified atom stereocenters. The maximum atomic E-state index is 12.7. The summed E-state index contributed by atoms with van der Waals surface area (Å²) >= 11 is 1.09. The lowest BCUT2D eigenvalue weighted by Gasteiger charge is -2.13. The number of carbonyl (C=O) groups is 3. The molecule has 3 heterocycles. The van der Waals surface area contributed by atoms with Crippen LogP contribution < -0.4 is 16.2 Å². The van der Waals surface area contributed by atoms with Crippen LogP contribution in [0.3, 0.4) is 0 Å². The van der Waals surface area contributed by atoms with Gasteiger partial charge in [-0.3, -0.25) is 19.0 Å².